The SMILES string of the molecule is Brc1c2ccccc2c(-c2c3ccccc3c(Br)c3ccccc23)c2ccccc12.CC1(C)OB(c2ccc3oc4cc5ccccc5cc4c3c2)OC1(C)C.c1ccc2cc3c(cc2c1)oc1ccc(-c2c4ccccc4c(-c4c5ccccc5c(-c5ccc6oc7cc8ccccc8cc7c6c5)c5ccccc45)c4ccccc24)cc13. The summed E-state index contributed by atoms with van der Waals surface area (Å²) in [4.78, 5) is 0. The molecule has 3 aromatic heterocycles. The molecule has 1 aliphatic rings. The lowest BCUT2D eigenvalue weighted by molar-refractivity contribution is 0.00578. The van der Waals surface area contributed by atoms with E-state index in [0.29, 0.717) is 0 Å². The van der Waals surface area contributed by atoms with E-state index in [0.717, 1.165) is 80.2 Å². The van der Waals surface area contributed by atoms with Crippen molar-refractivity contribution in [2.45, 2.75) is 38.9 Å². The Morgan fingerprint density at radius 2 is 0.407 bits per heavy atom. The highest BCUT2D eigenvalue weighted by Crippen LogP contribution is 2.53. The third-order valence-corrected chi connectivity index (χ3v) is 26.9. The molecule has 0 N–H and O–H groups in total. The molecule has 0 aliphatic carbocycles. The van der Waals surface area contributed by atoms with Crippen LogP contribution in [-0.2, 0) is 9.31 Å². The molecule has 5 nitrogen and oxygen atoms in total. The maximum atomic E-state index is 6.47. The van der Waals surface area contributed by atoms with E-state index in [2.05, 4.69) is 399 Å². The minimum absolute atomic E-state index is 0.346. The topological polar surface area (TPSA) is 57.9 Å². The van der Waals surface area contributed by atoms with Crippen LogP contribution in [0.1, 0.15) is 27.7 Å². The minimum atomic E-state index is -0.366. The molecule has 0 atom stereocenters. The van der Waals surface area contributed by atoms with Crippen molar-refractivity contribution in [1.82, 2.24) is 0 Å². The summed E-state index contributed by atoms with van der Waals surface area (Å²) in [7, 11) is -0.366. The van der Waals surface area contributed by atoms with Gasteiger partial charge in [-0.1, -0.05) is 291 Å². The average molecular weight is 1640 g/mol. The van der Waals surface area contributed by atoms with Gasteiger partial charge in [-0.25, -0.2) is 0 Å². The van der Waals surface area contributed by atoms with Gasteiger partial charge in [0.1, 0.15) is 33.5 Å². The Labute approximate surface area is 696 Å². The van der Waals surface area contributed by atoms with Gasteiger partial charge in [0.2, 0.25) is 0 Å². The van der Waals surface area contributed by atoms with Crippen LogP contribution >= 0.6 is 31.9 Å². The molecule has 558 valence electrons. The highest BCUT2D eigenvalue weighted by molar-refractivity contribution is 9.11. The molecule has 0 unspecified atom stereocenters. The van der Waals surface area contributed by atoms with Crippen molar-refractivity contribution < 1.29 is 22.6 Å². The summed E-state index contributed by atoms with van der Waals surface area (Å²) in [5, 5.41) is 33.7. The van der Waals surface area contributed by atoms with Crippen LogP contribution in [0.2, 0.25) is 0 Å². The Morgan fingerprint density at radius 3 is 0.686 bits per heavy atom. The van der Waals surface area contributed by atoms with Crippen molar-refractivity contribution in [1.29, 1.82) is 0 Å². The van der Waals surface area contributed by atoms with Crippen LogP contribution in [0.15, 0.2) is 380 Å². The zero-order valence-electron chi connectivity index (χ0n) is 64.9. The van der Waals surface area contributed by atoms with Crippen molar-refractivity contribution in [2.75, 3.05) is 0 Å². The fourth-order valence-electron chi connectivity index (χ4n) is 18.9. The lowest BCUT2D eigenvalue weighted by Gasteiger charge is -2.32. The van der Waals surface area contributed by atoms with Crippen LogP contribution in [0.3, 0.4) is 0 Å². The number of benzene rings is 21. The van der Waals surface area contributed by atoms with E-state index >= 15 is 0 Å². The maximum Gasteiger partial charge on any atom is 0.494 e. The van der Waals surface area contributed by atoms with Crippen LogP contribution in [0, 0.1) is 0 Å². The Kier molecular flexibility index (Phi) is 16.2. The standard InChI is InChI=1S/C60H34O2.C28H16Br2.C22H21BO3/c1-3-15-37-33-55-51(29-35(37)13-1)49-31-39(25-27-53(49)61-55)57-41-17-5-9-21-45(41)59(46-22-10-6-18-42(46)57)60-47-23-11-7-19-43(47)58(44-20-8-12-24-48(44)60)40-26-28-54-50(32-40)52-30-36-14-2-4-16-38(36)34-56(52)62-54;29-27-21-13-5-1-9-17(21)25(18-10-2-6-14-22(18)27)26-19-11-3-7-15-23(19)28(30)24-16-8-4-12-20(24)26;1-21(2)22(3,4)26-23(25-21)16-9-10-19-18(13-16)17-11-14-7-5-6-8-15(14)12-20(17)24-19/h1-34H;1-16H;5-13H,1-4H3. The number of rotatable bonds is 5. The third-order valence-electron chi connectivity index (χ3n) is 25.2. The quantitative estimate of drug-likeness (QED) is 0.127. The highest BCUT2D eigenvalue weighted by atomic mass is 79.9. The molecule has 0 radical (unpaired) electrons. The van der Waals surface area contributed by atoms with Crippen molar-refractivity contribution in [3.8, 4) is 44.5 Å². The monoisotopic (exact) mass is 1640 g/mol. The predicted molar refractivity (Wildman–Crippen MR) is 507 cm³/mol. The van der Waals surface area contributed by atoms with Crippen molar-refractivity contribution in [3.63, 3.8) is 0 Å². The Balaban J connectivity index is 0.000000120. The van der Waals surface area contributed by atoms with E-state index in [-0.39, 0.29) is 18.3 Å². The molecule has 0 amide bonds. The van der Waals surface area contributed by atoms with Crippen LogP contribution in [0.4, 0.5) is 0 Å². The fraction of sp³-hybridized carbons (Fsp3) is 0.0545. The lowest BCUT2D eigenvalue weighted by atomic mass is 9.78. The maximum absolute atomic E-state index is 6.47. The molecule has 118 heavy (non-hydrogen) atoms. The minimum Gasteiger partial charge on any atom is -0.456 e. The van der Waals surface area contributed by atoms with Gasteiger partial charge in [0.15, 0.2) is 0 Å². The van der Waals surface area contributed by atoms with E-state index < -0.39 is 0 Å². The van der Waals surface area contributed by atoms with Crippen molar-refractivity contribution in [2.24, 2.45) is 0 Å². The molecule has 1 aliphatic heterocycles. The molecule has 8 heteroatoms. The average Bonchev–Trinajstić information content (AvgIpc) is 1.11. The van der Waals surface area contributed by atoms with Crippen molar-refractivity contribution >= 4 is 229 Å². The Hall–Kier alpha value is -13.2. The highest BCUT2D eigenvalue weighted by Gasteiger charge is 2.52. The van der Waals surface area contributed by atoms with Gasteiger partial charge in [-0.05, 0) is 295 Å². The Bertz CT molecular complexity index is 7750. The second-order valence-electron chi connectivity index (χ2n) is 32.4. The van der Waals surface area contributed by atoms with E-state index in [1.54, 1.807) is 0 Å². The summed E-state index contributed by atoms with van der Waals surface area (Å²) in [6, 6.07) is 129. The van der Waals surface area contributed by atoms with Gasteiger partial charge in [-0.3, -0.25) is 0 Å². The zero-order valence-corrected chi connectivity index (χ0v) is 68.1. The molecule has 0 spiro atoms. The van der Waals surface area contributed by atoms with E-state index in [9.17, 15) is 0 Å². The van der Waals surface area contributed by atoms with Gasteiger partial charge in [0.05, 0.1) is 11.2 Å². The first-order valence-electron chi connectivity index (χ1n) is 40.3. The lowest BCUT2D eigenvalue weighted by Crippen LogP contribution is -2.41. The third kappa shape index (κ3) is 11.1. The van der Waals surface area contributed by atoms with Gasteiger partial charge < -0.3 is 22.6 Å². The zero-order chi connectivity index (χ0) is 78.8. The number of hydrogen-bond acceptors (Lipinski definition) is 5. The largest absolute Gasteiger partial charge is 0.494 e. The first kappa shape index (κ1) is 70.3. The van der Waals surface area contributed by atoms with Crippen LogP contribution in [0.5, 0.6) is 0 Å². The summed E-state index contributed by atoms with van der Waals surface area (Å²) >= 11 is 7.79. The van der Waals surface area contributed by atoms with Gasteiger partial charge in [-0.15, -0.1) is 0 Å². The summed E-state index contributed by atoms with van der Waals surface area (Å²) in [6.07, 6.45) is 0. The number of hydrogen-bond donors (Lipinski definition) is 0. The van der Waals surface area contributed by atoms with Crippen LogP contribution in [-0.4, -0.2) is 18.3 Å². The first-order chi connectivity index (χ1) is 57.8. The second-order valence-corrected chi connectivity index (χ2v) is 34.0. The van der Waals surface area contributed by atoms with Gasteiger partial charge in [-0.2, -0.15) is 0 Å². The number of fused-ring (bicyclic) bond motifs is 20. The molecule has 4 heterocycles. The molecular weight excluding hydrogens is 1570 g/mol. The predicted octanol–water partition coefficient (Wildman–Crippen LogP) is 31.9. The molecular formula is C110H71BBr2O5. The molecule has 25 rings (SSSR count). The summed E-state index contributed by atoms with van der Waals surface area (Å²) in [5.41, 5.74) is 15.7. The molecule has 24 aromatic rings. The fourth-order valence-corrected chi connectivity index (χ4v) is 20.3. The van der Waals surface area contributed by atoms with Gasteiger partial charge in [0.25, 0.3) is 0 Å². The Morgan fingerprint density at radius 1 is 0.195 bits per heavy atom. The van der Waals surface area contributed by atoms with E-state index in [4.69, 9.17) is 22.6 Å². The molecule has 0 bridgehead atoms. The molecule has 1 saturated heterocycles. The van der Waals surface area contributed by atoms with E-state index in [1.807, 2.05) is 18.2 Å². The summed E-state index contributed by atoms with van der Waals surface area (Å²) in [6.45, 7) is 8.30. The molecule has 0 saturated carbocycles. The van der Waals surface area contributed by atoms with Crippen LogP contribution < -0.4 is 5.46 Å². The summed E-state index contributed by atoms with van der Waals surface area (Å²) in [5.74, 6) is 0. The second kappa shape index (κ2) is 27.2. The molecule has 21 aromatic carbocycles. The number of furan rings is 3. The smallest absolute Gasteiger partial charge is 0.456 e. The first-order valence-corrected chi connectivity index (χ1v) is 41.9. The number of halogens is 2. The van der Waals surface area contributed by atoms with Gasteiger partial charge >= 0.3 is 7.12 Å². The normalized spacial score (nSPS) is 13.6. The molecule has 1 fully saturated rings. The van der Waals surface area contributed by atoms with Gasteiger partial charge in [0, 0.05) is 41.3 Å². The van der Waals surface area contributed by atoms with Crippen LogP contribution in [0.25, 0.3) is 229 Å². The van der Waals surface area contributed by atoms with E-state index in [1.165, 1.54) is 163 Å². The van der Waals surface area contributed by atoms with Crippen molar-refractivity contribution in [3.05, 3.63) is 367 Å². The summed E-state index contributed by atoms with van der Waals surface area (Å²) < 4.78 is 33.7.